The lowest BCUT2D eigenvalue weighted by Crippen LogP contribution is -2.17. The number of hydrogen-bond acceptors (Lipinski definition) is 4. The van der Waals surface area contributed by atoms with E-state index in [2.05, 4.69) is 45.9 Å². The first kappa shape index (κ1) is 17.4. The van der Waals surface area contributed by atoms with Crippen molar-refractivity contribution in [3.63, 3.8) is 0 Å². The van der Waals surface area contributed by atoms with Gasteiger partial charge in [0.2, 0.25) is 0 Å². The first-order valence-electron chi connectivity index (χ1n) is 9.58. The molecule has 0 spiro atoms. The Bertz CT molecular complexity index is 1210. The molecule has 0 N–H and O–H groups in total. The monoisotopic (exact) mass is 387 g/mol. The van der Waals surface area contributed by atoms with Crippen LogP contribution in [0.1, 0.15) is 38.2 Å². The molecule has 2 aromatic carbocycles. The molecule has 5 heteroatoms. The van der Waals surface area contributed by atoms with Crippen molar-refractivity contribution in [3.05, 3.63) is 60.3 Å². The van der Waals surface area contributed by atoms with Gasteiger partial charge in [0.15, 0.2) is 10.8 Å². The molecular weight excluding hydrogens is 366 g/mol. The van der Waals surface area contributed by atoms with Gasteiger partial charge in [-0.3, -0.25) is 4.57 Å². The molecule has 28 heavy (non-hydrogen) atoms. The van der Waals surface area contributed by atoms with E-state index in [1.54, 1.807) is 6.20 Å². The molecule has 4 aromatic rings. The van der Waals surface area contributed by atoms with Crippen molar-refractivity contribution in [2.45, 2.75) is 42.5 Å². The van der Waals surface area contributed by atoms with E-state index in [1.807, 2.05) is 26.0 Å². The Kier molecular flexibility index (Phi) is 4.02. The van der Waals surface area contributed by atoms with Crippen molar-refractivity contribution in [2.24, 2.45) is 0 Å². The SMILES string of the molecule is CC(C)(C=O)Sc1nc2ncccc2n1-c1ccc(C2CC2)c2ccccc12. The molecule has 0 unspecified atom stereocenters. The molecule has 1 aliphatic carbocycles. The van der Waals surface area contributed by atoms with E-state index in [-0.39, 0.29) is 0 Å². The number of aromatic nitrogens is 3. The molecule has 0 radical (unpaired) electrons. The summed E-state index contributed by atoms with van der Waals surface area (Å²) in [4.78, 5) is 20.8. The predicted molar refractivity (Wildman–Crippen MR) is 114 cm³/mol. The minimum absolute atomic E-state index is 0.567. The number of carbonyl (C=O) groups excluding carboxylic acids is 1. The zero-order chi connectivity index (χ0) is 19.3. The normalized spacial score (nSPS) is 14.6. The minimum Gasteiger partial charge on any atom is -0.302 e. The van der Waals surface area contributed by atoms with Crippen LogP contribution in [0.3, 0.4) is 0 Å². The molecule has 4 nitrogen and oxygen atoms in total. The zero-order valence-corrected chi connectivity index (χ0v) is 16.7. The number of thioether (sulfide) groups is 1. The third kappa shape index (κ3) is 2.90. The van der Waals surface area contributed by atoms with Gasteiger partial charge in [0, 0.05) is 11.6 Å². The molecule has 0 aliphatic heterocycles. The van der Waals surface area contributed by atoms with Crippen molar-refractivity contribution >= 4 is 40.0 Å². The maximum Gasteiger partial charge on any atom is 0.179 e. The van der Waals surface area contributed by atoms with Gasteiger partial charge in [-0.15, -0.1) is 0 Å². The van der Waals surface area contributed by atoms with Gasteiger partial charge in [0.25, 0.3) is 0 Å². The van der Waals surface area contributed by atoms with E-state index in [0.717, 1.165) is 22.6 Å². The average Bonchev–Trinajstić information content (AvgIpc) is 3.49. The van der Waals surface area contributed by atoms with Crippen molar-refractivity contribution in [1.29, 1.82) is 0 Å². The van der Waals surface area contributed by atoms with Gasteiger partial charge in [0.1, 0.15) is 6.29 Å². The van der Waals surface area contributed by atoms with E-state index in [4.69, 9.17) is 4.98 Å². The minimum atomic E-state index is -0.567. The molecular formula is C23H21N3OS. The molecule has 5 rings (SSSR count). The summed E-state index contributed by atoms with van der Waals surface area (Å²) in [6.07, 6.45) is 5.28. The van der Waals surface area contributed by atoms with E-state index >= 15 is 0 Å². The fraction of sp³-hybridized carbons (Fsp3) is 0.261. The Hall–Kier alpha value is -2.66. The highest BCUT2D eigenvalue weighted by molar-refractivity contribution is 8.01. The highest BCUT2D eigenvalue weighted by Crippen LogP contribution is 2.45. The summed E-state index contributed by atoms with van der Waals surface area (Å²) in [5.74, 6) is 0.683. The van der Waals surface area contributed by atoms with Crippen molar-refractivity contribution in [1.82, 2.24) is 14.5 Å². The molecule has 1 aliphatic rings. The van der Waals surface area contributed by atoms with Crippen LogP contribution in [0.4, 0.5) is 0 Å². The number of carbonyl (C=O) groups is 1. The molecule has 2 heterocycles. The Balaban J connectivity index is 1.80. The molecule has 0 amide bonds. The van der Waals surface area contributed by atoms with Gasteiger partial charge < -0.3 is 4.79 Å². The van der Waals surface area contributed by atoms with Gasteiger partial charge in [-0.05, 0) is 61.8 Å². The predicted octanol–water partition coefficient (Wildman–Crippen LogP) is 5.52. The largest absolute Gasteiger partial charge is 0.302 e. The van der Waals surface area contributed by atoms with Crippen molar-refractivity contribution in [2.75, 3.05) is 0 Å². The van der Waals surface area contributed by atoms with Gasteiger partial charge in [0.05, 0.1) is 16.0 Å². The first-order chi connectivity index (χ1) is 13.6. The average molecular weight is 388 g/mol. The summed E-state index contributed by atoms with van der Waals surface area (Å²) < 4.78 is 1.58. The summed E-state index contributed by atoms with van der Waals surface area (Å²) in [5.41, 5.74) is 4.17. The fourth-order valence-electron chi connectivity index (χ4n) is 3.71. The van der Waals surface area contributed by atoms with Crippen molar-refractivity contribution in [3.8, 4) is 5.69 Å². The van der Waals surface area contributed by atoms with E-state index < -0.39 is 4.75 Å². The highest BCUT2D eigenvalue weighted by atomic mass is 32.2. The lowest BCUT2D eigenvalue weighted by molar-refractivity contribution is -0.109. The summed E-state index contributed by atoms with van der Waals surface area (Å²) >= 11 is 1.47. The van der Waals surface area contributed by atoms with E-state index in [0.29, 0.717) is 11.6 Å². The van der Waals surface area contributed by atoms with Gasteiger partial charge in [-0.2, -0.15) is 0 Å². The number of rotatable bonds is 5. The third-order valence-electron chi connectivity index (χ3n) is 5.23. The first-order valence-corrected chi connectivity index (χ1v) is 10.4. The number of pyridine rings is 1. The second kappa shape index (κ2) is 6.45. The standard InChI is InChI=1S/C23H21N3OS/c1-23(2,14-27)28-22-25-21-20(8-5-13-24-21)26(22)19-12-11-16(15-9-10-15)17-6-3-4-7-18(17)19/h3-8,11-15H,9-10H2,1-2H3. The van der Waals surface area contributed by atoms with Crippen LogP contribution in [-0.2, 0) is 4.79 Å². The number of benzene rings is 2. The molecule has 1 saturated carbocycles. The second-order valence-corrected chi connectivity index (χ2v) is 9.51. The quantitative estimate of drug-likeness (QED) is 0.334. The maximum atomic E-state index is 11.6. The van der Waals surface area contributed by atoms with Gasteiger partial charge >= 0.3 is 0 Å². The zero-order valence-electron chi connectivity index (χ0n) is 15.9. The Morgan fingerprint density at radius 3 is 2.61 bits per heavy atom. The number of aldehydes is 1. The van der Waals surface area contributed by atoms with Crippen LogP contribution in [0, 0.1) is 0 Å². The molecule has 0 atom stereocenters. The summed E-state index contributed by atoms with van der Waals surface area (Å²) in [7, 11) is 0. The summed E-state index contributed by atoms with van der Waals surface area (Å²) in [5, 5.41) is 3.30. The van der Waals surface area contributed by atoms with Crippen LogP contribution in [0.2, 0.25) is 0 Å². The molecule has 1 fully saturated rings. The van der Waals surface area contributed by atoms with E-state index in [9.17, 15) is 4.79 Å². The van der Waals surface area contributed by atoms with Crippen LogP contribution in [0.15, 0.2) is 59.9 Å². The highest BCUT2D eigenvalue weighted by Gasteiger charge is 2.27. The smallest absolute Gasteiger partial charge is 0.179 e. The third-order valence-corrected chi connectivity index (χ3v) is 6.31. The maximum absolute atomic E-state index is 11.6. The molecule has 140 valence electrons. The number of nitrogens with zero attached hydrogens (tertiary/aromatic N) is 3. The van der Waals surface area contributed by atoms with Crippen LogP contribution in [-0.4, -0.2) is 25.6 Å². The topological polar surface area (TPSA) is 47.8 Å². The van der Waals surface area contributed by atoms with Crippen LogP contribution >= 0.6 is 11.8 Å². The lowest BCUT2D eigenvalue weighted by atomic mass is 9.99. The van der Waals surface area contributed by atoms with Crippen LogP contribution in [0.5, 0.6) is 0 Å². The number of fused-ring (bicyclic) bond motifs is 2. The van der Waals surface area contributed by atoms with Crippen molar-refractivity contribution < 1.29 is 4.79 Å². The Morgan fingerprint density at radius 1 is 1.07 bits per heavy atom. The molecule has 2 aromatic heterocycles. The van der Waals surface area contributed by atoms with Crippen LogP contribution < -0.4 is 0 Å². The van der Waals surface area contributed by atoms with E-state index in [1.165, 1.54) is 40.9 Å². The van der Waals surface area contributed by atoms with Gasteiger partial charge in [-0.1, -0.05) is 42.1 Å². The molecule has 0 bridgehead atoms. The second-order valence-electron chi connectivity index (χ2n) is 7.89. The molecule has 0 saturated heterocycles. The number of hydrogen-bond donors (Lipinski definition) is 0. The van der Waals surface area contributed by atoms with Crippen LogP contribution in [0.25, 0.3) is 27.6 Å². The number of imidazole rings is 1. The van der Waals surface area contributed by atoms with Gasteiger partial charge in [-0.25, -0.2) is 9.97 Å². The summed E-state index contributed by atoms with van der Waals surface area (Å²) in [6, 6.07) is 17.0. The fourth-order valence-corrected chi connectivity index (χ4v) is 4.64. The summed E-state index contributed by atoms with van der Waals surface area (Å²) in [6.45, 7) is 3.83. The lowest BCUT2D eigenvalue weighted by Gasteiger charge is -2.18. The Labute approximate surface area is 168 Å². The Morgan fingerprint density at radius 2 is 1.86 bits per heavy atom.